The van der Waals surface area contributed by atoms with Crippen molar-refractivity contribution in [3.63, 3.8) is 0 Å². The van der Waals surface area contributed by atoms with Crippen molar-refractivity contribution >= 4 is 29.0 Å². The molecule has 0 bridgehead atoms. The maximum absolute atomic E-state index is 12.9. The fourth-order valence-electron chi connectivity index (χ4n) is 3.79. The Morgan fingerprint density at radius 1 is 0.781 bits per heavy atom. The van der Waals surface area contributed by atoms with Gasteiger partial charge in [0.1, 0.15) is 0 Å². The van der Waals surface area contributed by atoms with Crippen LogP contribution in [0.2, 0.25) is 0 Å². The van der Waals surface area contributed by atoms with Crippen molar-refractivity contribution in [2.75, 3.05) is 36.8 Å². The Morgan fingerprint density at radius 3 is 1.97 bits per heavy atom. The molecule has 0 unspecified atom stereocenters. The van der Waals surface area contributed by atoms with E-state index in [4.69, 9.17) is 0 Å². The topological polar surface area (TPSA) is 77.6 Å². The van der Waals surface area contributed by atoms with Gasteiger partial charge in [-0.15, -0.1) is 0 Å². The maximum atomic E-state index is 12.9. The molecule has 1 saturated heterocycles. The van der Waals surface area contributed by atoms with Crippen LogP contribution in [0.25, 0.3) is 0 Å². The minimum atomic E-state index is -0.124. The number of para-hydroxylation sites is 1. The molecule has 7 heteroatoms. The van der Waals surface area contributed by atoms with E-state index >= 15 is 0 Å². The van der Waals surface area contributed by atoms with E-state index in [0.29, 0.717) is 31.7 Å². The number of hydrogen-bond donors (Lipinski definition) is 2. The van der Waals surface area contributed by atoms with Gasteiger partial charge in [0, 0.05) is 61.2 Å². The standard InChI is InChI=1S/C25H27N5O2/c1-18-4-3-5-19(2)23(18)28-25(32)30-16-14-29(15-17-30)24(31)20-6-8-21(9-7-20)27-22-10-12-26-13-11-22/h3-13H,14-17H2,1-2H3,(H,26,27)(H,28,32). The number of nitrogens with zero attached hydrogens (tertiary/aromatic N) is 3. The molecule has 0 radical (unpaired) electrons. The lowest BCUT2D eigenvalue weighted by atomic mass is 10.1. The van der Waals surface area contributed by atoms with E-state index in [2.05, 4.69) is 15.6 Å². The Morgan fingerprint density at radius 2 is 1.34 bits per heavy atom. The Hall–Kier alpha value is -3.87. The number of anilines is 3. The molecular formula is C25H27N5O2. The second kappa shape index (κ2) is 9.51. The van der Waals surface area contributed by atoms with Crippen LogP contribution >= 0.6 is 0 Å². The quantitative estimate of drug-likeness (QED) is 0.643. The van der Waals surface area contributed by atoms with Crippen LogP contribution in [-0.4, -0.2) is 52.9 Å². The number of hydrogen-bond acceptors (Lipinski definition) is 4. The number of aryl methyl sites for hydroxylation is 2. The summed E-state index contributed by atoms with van der Waals surface area (Å²) in [4.78, 5) is 33.2. The summed E-state index contributed by atoms with van der Waals surface area (Å²) in [5.41, 5.74) is 5.41. The number of piperazine rings is 1. The van der Waals surface area contributed by atoms with Gasteiger partial charge in [-0.1, -0.05) is 18.2 Å². The Labute approximate surface area is 188 Å². The highest BCUT2D eigenvalue weighted by atomic mass is 16.2. The lowest BCUT2D eigenvalue weighted by Crippen LogP contribution is -2.51. The van der Waals surface area contributed by atoms with Gasteiger partial charge in [0.15, 0.2) is 0 Å². The smallest absolute Gasteiger partial charge is 0.321 e. The summed E-state index contributed by atoms with van der Waals surface area (Å²) in [5.74, 6) is -0.0183. The minimum absolute atomic E-state index is 0.0183. The van der Waals surface area contributed by atoms with Gasteiger partial charge in [-0.05, 0) is 61.4 Å². The van der Waals surface area contributed by atoms with Crippen molar-refractivity contribution in [3.05, 3.63) is 83.7 Å². The van der Waals surface area contributed by atoms with Crippen molar-refractivity contribution in [2.24, 2.45) is 0 Å². The van der Waals surface area contributed by atoms with Crippen LogP contribution in [0.15, 0.2) is 67.0 Å². The third kappa shape index (κ3) is 4.88. The van der Waals surface area contributed by atoms with Crippen LogP contribution in [0, 0.1) is 13.8 Å². The highest BCUT2D eigenvalue weighted by Crippen LogP contribution is 2.21. The van der Waals surface area contributed by atoms with Gasteiger partial charge in [-0.25, -0.2) is 4.79 Å². The van der Waals surface area contributed by atoms with E-state index in [0.717, 1.165) is 28.2 Å². The monoisotopic (exact) mass is 429 g/mol. The molecular weight excluding hydrogens is 402 g/mol. The molecule has 1 aliphatic heterocycles. The number of aromatic nitrogens is 1. The summed E-state index contributed by atoms with van der Waals surface area (Å²) in [6, 6.07) is 17.0. The Kier molecular flexibility index (Phi) is 6.35. The molecule has 4 rings (SSSR count). The van der Waals surface area contributed by atoms with Crippen molar-refractivity contribution < 1.29 is 9.59 Å². The first kappa shape index (κ1) is 21.4. The van der Waals surface area contributed by atoms with Gasteiger partial charge in [0.2, 0.25) is 0 Å². The normalized spacial score (nSPS) is 13.6. The second-order valence-corrected chi connectivity index (χ2v) is 7.91. The Balaban J connectivity index is 1.32. The molecule has 1 aromatic heterocycles. The molecule has 164 valence electrons. The van der Waals surface area contributed by atoms with Crippen molar-refractivity contribution in [3.8, 4) is 0 Å². The lowest BCUT2D eigenvalue weighted by Gasteiger charge is -2.35. The first-order chi connectivity index (χ1) is 15.5. The zero-order chi connectivity index (χ0) is 22.5. The third-order valence-electron chi connectivity index (χ3n) is 5.67. The number of carbonyl (C=O) groups excluding carboxylic acids is 2. The first-order valence-electron chi connectivity index (χ1n) is 10.7. The zero-order valence-electron chi connectivity index (χ0n) is 18.3. The highest BCUT2D eigenvalue weighted by molar-refractivity contribution is 5.95. The maximum Gasteiger partial charge on any atom is 0.321 e. The van der Waals surface area contributed by atoms with E-state index in [1.807, 2.05) is 68.4 Å². The minimum Gasteiger partial charge on any atom is -0.355 e. The number of urea groups is 1. The molecule has 0 atom stereocenters. The average Bonchev–Trinajstić information content (AvgIpc) is 2.82. The molecule has 1 aliphatic rings. The molecule has 7 nitrogen and oxygen atoms in total. The van der Waals surface area contributed by atoms with Crippen LogP contribution in [0.5, 0.6) is 0 Å². The third-order valence-corrected chi connectivity index (χ3v) is 5.67. The number of nitrogens with one attached hydrogen (secondary N) is 2. The van der Waals surface area contributed by atoms with Gasteiger partial charge in [-0.2, -0.15) is 0 Å². The number of carbonyl (C=O) groups is 2. The molecule has 1 fully saturated rings. The molecule has 3 amide bonds. The summed E-state index contributed by atoms with van der Waals surface area (Å²) < 4.78 is 0. The van der Waals surface area contributed by atoms with Gasteiger partial charge in [0.25, 0.3) is 5.91 Å². The van der Waals surface area contributed by atoms with Crippen LogP contribution in [0.3, 0.4) is 0 Å². The fourth-order valence-corrected chi connectivity index (χ4v) is 3.79. The van der Waals surface area contributed by atoms with Crippen molar-refractivity contribution in [1.29, 1.82) is 0 Å². The van der Waals surface area contributed by atoms with Gasteiger partial charge in [0.05, 0.1) is 0 Å². The van der Waals surface area contributed by atoms with Crippen LogP contribution in [-0.2, 0) is 0 Å². The molecule has 2 N–H and O–H groups in total. The van der Waals surface area contributed by atoms with Crippen LogP contribution in [0.4, 0.5) is 21.9 Å². The summed E-state index contributed by atoms with van der Waals surface area (Å²) in [6.45, 7) is 5.99. The Bertz CT molecular complexity index is 1070. The largest absolute Gasteiger partial charge is 0.355 e. The summed E-state index contributed by atoms with van der Waals surface area (Å²) in [6.07, 6.45) is 3.45. The first-order valence-corrected chi connectivity index (χ1v) is 10.7. The van der Waals surface area contributed by atoms with E-state index < -0.39 is 0 Å². The summed E-state index contributed by atoms with van der Waals surface area (Å²) in [5, 5.41) is 6.30. The number of benzene rings is 2. The molecule has 0 saturated carbocycles. The number of pyridine rings is 1. The molecule has 3 aromatic rings. The molecule has 2 aromatic carbocycles. The fraction of sp³-hybridized carbons (Fsp3) is 0.240. The lowest BCUT2D eigenvalue weighted by molar-refractivity contribution is 0.0671. The van der Waals surface area contributed by atoms with Gasteiger partial charge in [-0.3, -0.25) is 9.78 Å². The van der Waals surface area contributed by atoms with Crippen molar-refractivity contribution in [1.82, 2.24) is 14.8 Å². The molecule has 0 aliphatic carbocycles. The van der Waals surface area contributed by atoms with E-state index in [9.17, 15) is 9.59 Å². The predicted molar refractivity (Wildman–Crippen MR) is 126 cm³/mol. The van der Waals surface area contributed by atoms with E-state index in [-0.39, 0.29) is 11.9 Å². The number of amides is 3. The predicted octanol–water partition coefficient (Wildman–Crippen LogP) is 4.43. The van der Waals surface area contributed by atoms with E-state index in [1.165, 1.54) is 0 Å². The second-order valence-electron chi connectivity index (χ2n) is 7.91. The van der Waals surface area contributed by atoms with Gasteiger partial charge < -0.3 is 20.4 Å². The molecule has 2 heterocycles. The molecule has 0 spiro atoms. The SMILES string of the molecule is Cc1cccc(C)c1NC(=O)N1CCN(C(=O)c2ccc(Nc3ccncc3)cc2)CC1. The van der Waals surface area contributed by atoms with Crippen molar-refractivity contribution in [2.45, 2.75) is 13.8 Å². The number of rotatable bonds is 4. The highest BCUT2D eigenvalue weighted by Gasteiger charge is 2.25. The van der Waals surface area contributed by atoms with E-state index in [1.54, 1.807) is 22.2 Å². The van der Waals surface area contributed by atoms with Crippen LogP contribution < -0.4 is 10.6 Å². The summed E-state index contributed by atoms with van der Waals surface area (Å²) >= 11 is 0. The van der Waals surface area contributed by atoms with Crippen LogP contribution in [0.1, 0.15) is 21.5 Å². The summed E-state index contributed by atoms with van der Waals surface area (Å²) in [7, 11) is 0. The average molecular weight is 430 g/mol. The molecule has 32 heavy (non-hydrogen) atoms. The zero-order valence-corrected chi connectivity index (χ0v) is 18.3. The van der Waals surface area contributed by atoms with Gasteiger partial charge >= 0.3 is 6.03 Å².